The number of aromatic amines is 1. The molecule has 1 aromatic rings. The van der Waals surface area contributed by atoms with Gasteiger partial charge in [0.1, 0.15) is 0 Å². The summed E-state index contributed by atoms with van der Waals surface area (Å²) in [4.78, 5) is 32.6. The van der Waals surface area contributed by atoms with E-state index >= 15 is 0 Å². The molecule has 2 aliphatic heterocycles. The minimum Gasteiger partial charge on any atom is -0.393 e. The first-order chi connectivity index (χ1) is 12.8. The molecule has 150 valence electrons. The molecule has 2 aliphatic rings. The molecule has 2 atom stereocenters. The van der Waals surface area contributed by atoms with Crippen molar-refractivity contribution in [3.63, 3.8) is 0 Å². The van der Waals surface area contributed by atoms with E-state index in [9.17, 15) is 14.7 Å². The van der Waals surface area contributed by atoms with Crippen LogP contribution in [0.1, 0.15) is 62.4 Å². The number of aliphatic hydroxyl groups is 1. The Morgan fingerprint density at radius 1 is 1.37 bits per heavy atom. The summed E-state index contributed by atoms with van der Waals surface area (Å²) < 4.78 is 6.29. The van der Waals surface area contributed by atoms with Crippen molar-refractivity contribution in [3.8, 4) is 0 Å². The van der Waals surface area contributed by atoms with Crippen molar-refractivity contribution < 1.29 is 14.6 Å². The summed E-state index contributed by atoms with van der Waals surface area (Å²) in [5.74, 6) is 0.123. The predicted molar refractivity (Wildman–Crippen MR) is 102 cm³/mol. The number of aromatic nitrogens is 2. The maximum absolute atomic E-state index is 12.7. The zero-order chi connectivity index (χ0) is 19.6. The summed E-state index contributed by atoms with van der Waals surface area (Å²) in [6, 6.07) is 0. The van der Waals surface area contributed by atoms with E-state index in [0.717, 1.165) is 30.5 Å². The first-order valence-corrected chi connectivity index (χ1v) is 10.0. The molecule has 1 spiro atoms. The Balaban J connectivity index is 1.55. The normalized spacial score (nSPS) is 25.0. The number of nitrogens with zero attached hydrogens (tertiary/aromatic N) is 2. The van der Waals surface area contributed by atoms with Gasteiger partial charge in [0.25, 0.3) is 0 Å². The van der Waals surface area contributed by atoms with Gasteiger partial charge < -0.3 is 19.7 Å². The van der Waals surface area contributed by atoms with Crippen LogP contribution in [-0.4, -0.2) is 56.8 Å². The Morgan fingerprint density at radius 2 is 2.07 bits per heavy atom. The maximum Gasteiger partial charge on any atom is 0.345 e. The Morgan fingerprint density at radius 3 is 2.70 bits per heavy atom. The second-order valence-corrected chi connectivity index (χ2v) is 8.04. The van der Waals surface area contributed by atoms with Gasteiger partial charge in [0, 0.05) is 37.3 Å². The second kappa shape index (κ2) is 8.10. The number of H-pyrrole nitrogens is 1. The van der Waals surface area contributed by atoms with Crippen molar-refractivity contribution in [1.82, 2.24) is 14.9 Å². The zero-order valence-electron chi connectivity index (χ0n) is 16.6. The van der Waals surface area contributed by atoms with E-state index in [0.29, 0.717) is 44.5 Å². The molecule has 1 amide bonds. The van der Waals surface area contributed by atoms with E-state index < -0.39 is 0 Å². The minimum atomic E-state index is -0.346. The van der Waals surface area contributed by atoms with E-state index in [2.05, 4.69) is 16.9 Å². The van der Waals surface area contributed by atoms with Crippen molar-refractivity contribution in [2.75, 3.05) is 13.1 Å². The molecule has 7 heteroatoms. The van der Waals surface area contributed by atoms with E-state index in [4.69, 9.17) is 4.74 Å². The van der Waals surface area contributed by atoms with Crippen molar-refractivity contribution in [3.05, 3.63) is 27.4 Å². The zero-order valence-corrected chi connectivity index (χ0v) is 16.6. The first kappa shape index (κ1) is 20.0. The Bertz CT molecular complexity index is 711. The van der Waals surface area contributed by atoms with Crippen molar-refractivity contribution >= 4 is 5.91 Å². The molecule has 7 nitrogen and oxygen atoms in total. The lowest BCUT2D eigenvalue weighted by molar-refractivity contribution is -0.183. The van der Waals surface area contributed by atoms with Crippen LogP contribution >= 0.6 is 0 Å². The van der Waals surface area contributed by atoms with E-state index in [-0.39, 0.29) is 29.4 Å². The molecule has 2 fully saturated rings. The molecule has 0 bridgehead atoms. The Hall–Kier alpha value is -1.73. The number of hydrogen-bond donors (Lipinski definition) is 2. The number of aryl methyl sites for hydroxylation is 2. The van der Waals surface area contributed by atoms with Crippen LogP contribution in [0.25, 0.3) is 0 Å². The number of aliphatic hydroxyl groups excluding tert-OH is 1. The number of amides is 1. The lowest BCUT2D eigenvalue weighted by Crippen LogP contribution is -2.53. The Labute approximate surface area is 160 Å². The van der Waals surface area contributed by atoms with Gasteiger partial charge in [-0.25, -0.2) is 4.79 Å². The molecule has 1 aromatic heterocycles. The van der Waals surface area contributed by atoms with Crippen LogP contribution in [0.3, 0.4) is 0 Å². The highest BCUT2D eigenvalue weighted by Gasteiger charge is 2.43. The molecular formula is C20H31N3O4. The molecule has 2 saturated heterocycles. The number of carbonyl (C=O) groups is 1. The molecule has 0 radical (unpaired) electrons. The van der Waals surface area contributed by atoms with Crippen LogP contribution in [0.2, 0.25) is 0 Å². The number of rotatable bonds is 4. The van der Waals surface area contributed by atoms with E-state index in [1.165, 1.54) is 0 Å². The number of piperidine rings is 1. The topological polar surface area (TPSA) is 95.5 Å². The lowest BCUT2D eigenvalue weighted by Gasteiger charge is -2.48. The van der Waals surface area contributed by atoms with Crippen LogP contribution < -0.4 is 5.69 Å². The Kier molecular flexibility index (Phi) is 6.01. The van der Waals surface area contributed by atoms with Crippen molar-refractivity contribution in [2.45, 2.75) is 83.5 Å². The molecule has 0 aliphatic carbocycles. The summed E-state index contributed by atoms with van der Waals surface area (Å²) >= 11 is 0. The average molecular weight is 377 g/mol. The molecule has 27 heavy (non-hydrogen) atoms. The fourth-order valence-electron chi connectivity index (χ4n) is 4.51. The minimum absolute atomic E-state index is 0.120. The van der Waals surface area contributed by atoms with Gasteiger partial charge >= 0.3 is 5.69 Å². The monoisotopic (exact) mass is 377 g/mol. The summed E-state index contributed by atoms with van der Waals surface area (Å²) in [6.45, 7) is 7.08. The molecule has 3 heterocycles. The quantitative estimate of drug-likeness (QED) is 0.831. The van der Waals surface area contributed by atoms with E-state index in [1.54, 1.807) is 0 Å². The van der Waals surface area contributed by atoms with Crippen LogP contribution in [0.15, 0.2) is 4.79 Å². The fraction of sp³-hybridized carbons (Fsp3) is 0.750. The van der Waals surface area contributed by atoms with Gasteiger partial charge in [0.15, 0.2) is 0 Å². The highest BCUT2D eigenvalue weighted by molar-refractivity contribution is 5.76. The highest BCUT2D eigenvalue weighted by Crippen LogP contribution is 2.38. The van der Waals surface area contributed by atoms with Gasteiger partial charge in [0.05, 0.1) is 17.8 Å². The highest BCUT2D eigenvalue weighted by atomic mass is 16.5. The molecule has 3 rings (SSSR count). The maximum atomic E-state index is 12.7. The molecule has 2 N–H and O–H groups in total. The van der Waals surface area contributed by atoms with Crippen LogP contribution in [-0.2, 0) is 16.0 Å². The summed E-state index contributed by atoms with van der Waals surface area (Å²) in [5, 5.41) is 10.2. The number of likely N-dealkylation sites (tertiary alicyclic amines) is 1. The second-order valence-electron chi connectivity index (χ2n) is 8.04. The van der Waals surface area contributed by atoms with E-state index in [1.807, 2.05) is 18.7 Å². The van der Waals surface area contributed by atoms with Crippen molar-refractivity contribution in [2.24, 2.45) is 0 Å². The summed E-state index contributed by atoms with van der Waals surface area (Å²) in [5.41, 5.74) is 1.80. The number of ether oxygens (including phenoxy) is 1. The third-order valence-corrected chi connectivity index (χ3v) is 6.08. The standard InChI is InChI=1S/C20H31N3O4/c1-4-16-11-15(24)12-20(27-16)7-9-23(10-8-20)18(25)6-5-17-13(2)21-19(26)22-14(17)3/h15-16,24H,4-12H2,1-3H3,(H,21,22,26)/t15-,16+/m1/s1. The van der Waals surface area contributed by atoms with Crippen LogP contribution in [0.4, 0.5) is 0 Å². The smallest absolute Gasteiger partial charge is 0.345 e. The number of nitrogens with one attached hydrogen (secondary N) is 1. The number of carbonyl (C=O) groups excluding carboxylic acids is 1. The van der Waals surface area contributed by atoms with Crippen molar-refractivity contribution in [1.29, 1.82) is 0 Å². The van der Waals surface area contributed by atoms with Gasteiger partial charge in [-0.3, -0.25) is 4.79 Å². The lowest BCUT2D eigenvalue weighted by atomic mass is 9.81. The van der Waals surface area contributed by atoms with Crippen LogP contribution in [0, 0.1) is 13.8 Å². The SMILES string of the molecule is CC[C@H]1C[C@@H](O)CC2(CCN(C(=O)CCc3c(C)nc(=O)[nH]c3C)CC2)O1. The fourth-order valence-corrected chi connectivity index (χ4v) is 4.51. The average Bonchev–Trinajstić information content (AvgIpc) is 2.60. The number of hydrogen-bond acceptors (Lipinski definition) is 5. The van der Waals surface area contributed by atoms with Gasteiger partial charge in [-0.05, 0) is 51.5 Å². The molecule has 0 unspecified atom stereocenters. The van der Waals surface area contributed by atoms with Gasteiger partial charge in [-0.15, -0.1) is 0 Å². The third kappa shape index (κ3) is 4.58. The van der Waals surface area contributed by atoms with Crippen LogP contribution in [0.5, 0.6) is 0 Å². The summed E-state index contributed by atoms with van der Waals surface area (Å²) in [6.07, 6.45) is 4.67. The summed E-state index contributed by atoms with van der Waals surface area (Å²) in [7, 11) is 0. The third-order valence-electron chi connectivity index (χ3n) is 6.08. The largest absolute Gasteiger partial charge is 0.393 e. The predicted octanol–water partition coefficient (Wildman–Crippen LogP) is 1.63. The van der Waals surface area contributed by atoms with Gasteiger partial charge in [-0.1, -0.05) is 6.92 Å². The van der Waals surface area contributed by atoms with Gasteiger partial charge in [-0.2, -0.15) is 4.98 Å². The first-order valence-electron chi connectivity index (χ1n) is 10.0. The van der Waals surface area contributed by atoms with Gasteiger partial charge in [0.2, 0.25) is 5.91 Å². The molecular weight excluding hydrogens is 346 g/mol. The molecule has 0 saturated carbocycles. The molecule has 0 aromatic carbocycles.